The zero-order valence-corrected chi connectivity index (χ0v) is 9.70. The molecule has 3 nitrogen and oxygen atoms in total. The van der Waals surface area contributed by atoms with Gasteiger partial charge in [0.25, 0.3) is 0 Å². The number of nitrogens with zero attached hydrogens (tertiary/aromatic N) is 1. The van der Waals surface area contributed by atoms with Gasteiger partial charge in [-0.15, -0.1) is 6.58 Å². The minimum Gasteiger partial charge on any atom is -0.481 e. The maximum absolute atomic E-state index is 10.8. The summed E-state index contributed by atoms with van der Waals surface area (Å²) in [6.07, 6.45) is 3.91. The molecule has 0 bridgehead atoms. The molecule has 0 saturated carbocycles. The molecule has 0 radical (unpaired) electrons. The smallest absolute Gasteiger partial charge is 0.304 e. The molecule has 86 valence electrons. The van der Waals surface area contributed by atoms with Crippen molar-refractivity contribution in [3.63, 3.8) is 0 Å². The van der Waals surface area contributed by atoms with Crippen LogP contribution in [0.1, 0.15) is 33.1 Å². The number of likely N-dealkylation sites (tertiary alicyclic amines) is 1. The lowest BCUT2D eigenvalue weighted by molar-refractivity contribution is -0.139. The van der Waals surface area contributed by atoms with E-state index in [0.717, 1.165) is 25.9 Å². The summed E-state index contributed by atoms with van der Waals surface area (Å²) in [4.78, 5) is 13.2. The molecule has 15 heavy (non-hydrogen) atoms. The molecule has 1 aliphatic rings. The second-order valence-electron chi connectivity index (χ2n) is 4.77. The Kier molecular flexibility index (Phi) is 3.91. The number of hydrogen-bond donors (Lipinski definition) is 1. The summed E-state index contributed by atoms with van der Waals surface area (Å²) in [5, 5.41) is 8.88. The molecule has 1 N–H and O–H groups in total. The number of carboxylic acids is 1. The molecule has 0 aromatic carbocycles. The molecule has 0 aromatic rings. The van der Waals surface area contributed by atoms with Gasteiger partial charge in [0.1, 0.15) is 0 Å². The van der Waals surface area contributed by atoms with E-state index in [-0.39, 0.29) is 11.8 Å². The fourth-order valence-corrected chi connectivity index (χ4v) is 2.24. The van der Waals surface area contributed by atoms with Gasteiger partial charge in [-0.1, -0.05) is 6.08 Å². The van der Waals surface area contributed by atoms with Gasteiger partial charge in [-0.25, -0.2) is 0 Å². The van der Waals surface area contributed by atoms with Crippen LogP contribution < -0.4 is 0 Å². The van der Waals surface area contributed by atoms with Crippen molar-refractivity contribution in [2.75, 3.05) is 13.1 Å². The number of piperidine rings is 1. The Morgan fingerprint density at radius 1 is 1.53 bits per heavy atom. The summed E-state index contributed by atoms with van der Waals surface area (Å²) in [5.41, 5.74) is -0.169. The maximum atomic E-state index is 10.8. The van der Waals surface area contributed by atoms with Crippen molar-refractivity contribution in [3.05, 3.63) is 12.7 Å². The van der Waals surface area contributed by atoms with Crippen molar-refractivity contribution in [2.24, 2.45) is 5.41 Å². The summed E-state index contributed by atoms with van der Waals surface area (Å²) in [7, 11) is 0. The molecular weight excluding hydrogens is 190 g/mol. The maximum Gasteiger partial charge on any atom is 0.304 e. The van der Waals surface area contributed by atoms with Gasteiger partial charge in [0, 0.05) is 11.5 Å². The van der Waals surface area contributed by atoms with Crippen molar-refractivity contribution in [1.29, 1.82) is 0 Å². The quantitative estimate of drug-likeness (QED) is 0.724. The Balaban J connectivity index is 2.58. The summed E-state index contributed by atoms with van der Waals surface area (Å²) in [5.74, 6) is -0.715. The normalized spacial score (nSPS) is 21.5. The van der Waals surface area contributed by atoms with E-state index >= 15 is 0 Å². The third kappa shape index (κ3) is 3.06. The summed E-state index contributed by atoms with van der Waals surface area (Å²) < 4.78 is 0. The SMILES string of the molecule is C=CC1(CC(=O)O)CCN(C(C)C)CC1. The van der Waals surface area contributed by atoms with Gasteiger partial charge in [-0.3, -0.25) is 4.79 Å². The first-order valence-corrected chi connectivity index (χ1v) is 5.58. The van der Waals surface area contributed by atoms with Crippen molar-refractivity contribution < 1.29 is 9.90 Å². The number of aliphatic carboxylic acids is 1. The van der Waals surface area contributed by atoms with Crippen molar-refractivity contribution >= 4 is 5.97 Å². The Morgan fingerprint density at radius 3 is 2.40 bits per heavy atom. The lowest BCUT2D eigenvalue weighted by Gasteiger charge is -2.40. The van der Waals surface area contributed by atoms with Crippen molar-refractivity contribution in [3.8, 4) is 0 Å². The van der Waals surface area contributed by atoms with Gasteiger partial charge < -0.3 is 10.0 Å². The first-order valence-electron chi connectivity index (χ1n) is 5.58. The van der Waals surface area contributed by atoms with Crippen LogP contribution in [0.25, 0.3) is 0 Å². The van der Waals surface area contributed by atoms with Crippen LogP contribution in [0.4, 0.5) is 0 Å². The molecule has 0 spiro atoms. The molecule has 1 fully saturated rings. The highest BCUT2D eigenvalue weighted by Crippen LogP contribution is 2.36. The van der Waals surface area contributed by atoms with E-state index in [1.807, 2.05) is 6.08 Å². The van der Waals surface area contributed by atoms with Gasteiger partial charge in [0.15, 0.2) is 0 Å². The average molecular weight is 211 g/mol. The average Bonchev–Trinajstić information content (AvgIpc) is 2.17. The van der Waals surface area contributed by atoms with Gasteiger partial charge in [-0.05, 0) is 39.8 Å². The van der Waals surface area contributed by atoms with Gasteiger partial charge in [0.05, 0.1) is 6.42 Å². The highest BCUT2D eigenvalue weighted by atomic mass is 16.4. The molecular formula is C12H21NO2. The number of allylic oxidation sites excluding steroid dienone is 1. The molecule has 0 unspecified atom stereocenters. The first-order chi connectivity index (χ1) is 6.99. The fraction of sp³-hybridized carbons (Fsp3) is 0.750. The predicted molar refractivity (Wildman–Crippen MR) is 60.8 cm³/mol. The van der Waals surface area contributed by atoms with Crippen molar-refractivity contribution in [2.45, 2.75) is 39.2 Å². The lowest BCUT2D eigenvalue weighted by atomic mass is 9.75. The van der Waals surface area contributed by atoms with E-state index in [1.165, 1.54) is 0 Å². The van der Waals surface area contributed by atoms with Crippen LogP contribution in [0.15, 0.2) is 12.7 Å². The summed E-state index contributed by atoms with van der Waals surface area (Å²) in [6, 6.07) is 0.553. The molecule has 1 aliphatic heterocycles. The standard InChI is InChI=1S/C12H21NO2/c1-4-12(9-11(14)15)5-7-13(8-6-12)10(2)3/h4,10H,1,5-9H2,2-3H3,(H,14,15). The van der Waals surface area contributed by atoms with E-state index in [2.05, 4.69) is 25.3 Å². The number of hydrogen-bond acceptors (Lipinski definition) is 2. The van der Waals surface area contributed by atoms with Crippen LogP contribution in [0.3, 0.4) is 0 Å². The van der Waals surface area contributed by atoms with E-state index < -0.39 is 5.97 Å². The van der Waals surface area contributed by atoms with Crippen LogP contribution in [0, 0.1) is 5.41 Å². The predicted octanol–water partition coefficient (Wildman–Crippen LogP) is 2.14. The molecule has 1 saturated heterocycles. The molecule has 0 atom stereocenters. The third-order valence-corrected chi connectivity index (χ3v) is 3.46. The van der Waals surface area contributed by atoms with Gasteiger partial charge >= 0.3 is 5.97 Å². The molecule has 0 aliphatic carbocycles. The van der Waals surface area contributed by atoms with Gasteiger partial charge in [0.2, 0.25) is 0 Å². The highest BCUT2D eigenvalue weighted by molar-refractivity contribution is 5.68. The van der Waals surface area contributed by atoms with E-state index in [1.54, 1.807) is 0 Å². The van der Waals surface area contributed by atoms with Crippen LogP contribution in [0.5, 0.6) is 0 Å². The van der Waals surface area contributed by atoms with Gasteiger partial charge in [-0.2, -0.15) is 0 Å². The number of carbonyl (C=O) groups is 1. The Morgan fingerprint density at radius 2 is 2.07 bits per heavy atom. The van der Waals surface area contributed by atoms with Crippen LogP contribution in [-0.4, -0.2) is 35.1 Å². The monoisotopic (exact) mass is 211 g/mol. The molecule has 0 amide bonds. The molecule has 0 aromatic heterocycles. The first kappa shape index (κ1) is 12.2. The van der Waals surface area contributed by atoms with E-state index in [4.69, 9.17) is 5.11 Å². The number of carboxylic acid groups (broad SMARTS) is 1. The lowest BCUT2D eigenvalue weighted by Crippen LogP contribution is -2.43. The Bertz CT molecular complexity index is 240. The van der Waals surface area contributed by atoms with Crippen LogP contribution >= 0.6 is 0 Å². The Labute approximate surface area is 91.8 Å². The van der Waals surface area contributed by atoms with Crippen LogP contribution in [0.2, 0.25) is 0 Å². The van der Waals surface area contributed by atoms with E-state index in [9.17, 15) is 4.79 Å². The Hall–Kier alpha value is -0.830. The zero-order chi connectivity index (χ0) is 11.5. The number of rotatable bonds is 4. The minimum absolute atomic E-state index is 0.169. The highest BCUT2D eigenvalue weighted by Gasteiger charge is 2.34. The molecule has 1 rings (SSSR count). The third-order valence-electron chi connectivity index (χ3n) is 3.46. The topological polar surface area (TPSA) is 40.5 Å². The second kappa shape index (κ2) is 4.79. The van der Waals surface area contributed by atoms with Crippen LogP contribution in [-0.2, 0) is 4.79 Å². The molecule has 1 heterocycles. The van der Waals surface area contributed by atoms with E-state index in [0.29, 0.717) is 6.04 Å². The summed E-state index contributed by atoms with van der Waals surface area (Å²) in [6.45, 7) is 10.1. The molecule has 3 heteroatoms. The second-order valence-corrected chi connectivity index (χ2v) is 4.77. The minimum atomic E-state index is -0.715. The fourth-order valence-electron chi connectivity index (χ4n) is 2.24. The zero-order valence-electron chi connectivity index (χ0n) is 9.70. The largest absolute Gasteiger partial charge is 0.481 e. The van der Waals surface area contributed by atoms with Crippen molar-refractivity contribution in [1.82, 2.24) is 4.90 Å². The summed E-state index contributed by atoms with van der Waals surface area (Å²) >= 11 is 0.